The molecule has 4 nitrogen and oxygen atoms in total. The van der Waals surface area contributed by atoms with Crippen LogP contribution in [0.15, 0.2) is 18.3 Å². The van der Waals surface area contributed by atoms with Crippen molar-refractivity contribution < 1.29 is 18.6 Å². The fourth-order valence-electron chi connectivity index (χ4n) is 2.57. The van der Waals surface area contributed by atoms with Gasteiger partial charge in [-0.25, -0.2) is 4.98 Å². The molecule has 6 heteroatoms. The molecule has 2 unspecified atom stereocenters. The van der Waals surface area contributed by atoms with Crippen LogP contribution in [0.4, 0.5) is 14.6 Å². The lowest BCUT2D eigenvalue weighted by Crippen LogP contribution is -2.25. The molecule has 19 heavy (non-hydrogen) atoms. The highest BCUT2D eigenvalue weighted by atomic mass is 19.3. The van der Waals surface area contributed by atoms with E-state index in [9.17, 15) is 8.78 Å². The maximum Gasteiger partial charge on any atom is 0.387 e. The van der Waals surface area contributed by atoms with Gasteiger partial charge in [0.1, 0.15) is 11.6 Å². The molecule has 0 aromatic carbocycles. The van der Waals surface area contributed by atoms with E-state index >= 15 is 0 Å². The third-order valence-electron chi connectivity index (χ3n) is 3.45. The van der Waals surface area contributed by atoms with Crippen molar-refractivity contribution in [2.24, 2.45) is 5.92 Å². The van der Waals surface area contributed by atoms with Gasteiger partial charge >= 0.3 is 6.61 Å². The second-order valence-corrected chi connectivity index (χ2v) is 4.71. The number of alkyl halides is 2. The molecule has 1 aromatic rings. The standard InChI is InChI=1S/C13H18F2N2O2/c14-13(15)19-10-4-5-12(16-8-10)17-11-3-1-2-9(11)6-7-18/h4-5,8-9,11,13,18H,1-3,6-7H2,(H,16,17). The van der Waals surface area contributed by atoms with E-state index in [2.05, 4.69) is 15.0 Å². The first-order chi connectivity index (χ1) is 9.19. The molecule has 0 radical (unpaired) electrons. The minimum atomic E-state index is -2.83. The van der Waals surface area contributed by atoms with Gasteiger partial charge in [-0.3, -0.25) is 0 Å². The molecular weight excluding hydrogens is 254 g/mol. The van der Waals surface area contributed by atoms with Crippen molar-refractivity contribution in [1.82, 2.24) is 4.98 Å². The molecule has 1 aliphatic rings. The zero-order chi connectivity index (χ0) is 13.7. The van der Waals surface area contributed by atoms with E-state index in [1.54, 1.807) is 6.07 Å². The number of pyridine rings is 1. The number of aliphatic hydroxyl groups excluding tert-OH is 1. The Kier molecular flexibility index (Phi) is 4.90. The van der Waals surface area contributed by atoms with Crippen LogP contribution in [-0.4, -0.2) is 29.4 Å². The van der Waals surface area contributed by atoms with Gasteiger partial charge in [-0.2, -0.15) is 8.78 Å². The molecule has 0 spiro atoms. The highest BCUT2D eigenvalue weighted by Gasteiger charge is 2.26. The first kappa shape index (κ1) is 14.0. The third-order valence-corrected chi connectivity index (χ3v) is 3.45. The Hall–Kier alpha value is -1.43. The van der Waals surface area contributed by atoms with Crippen molar-refractivity contribution in [3.05, 3.63) is 18.3 Å². The van der Waals surface area contributed by atoms with Gasteiger partial charge in [-0.05, 0) is 37.3 Å². The summed E-state index contributed by atoms with van der Waals surface area (Å²) in [6.07, 6.45) is 5.34. The fourth-order valence-corrected chi connectivity index (χ4v) is 2.57. The van der Waals surface area contributed by atoms with E-state index in [1.807, 2.05) is 0 Å². The van der Waals surface area contributed by atoms with Crippen LogP contribution < -0.4 is 10.1 Å². The number of aliphatic hydroxyl groups is 1. The van der Waals surface area contributed by atoms with Gasteiger partial charge in [0, 0.05) is 12.6 Å². The number of hydrogen-bond acceptors (Lipinski definition) is 4. The second-order valence-electron chi connectivity index (χ2n) is 4.71. The highest BCUT2D eigenvalue weighted by molar-refractivity contribution is 5.38. The number of rotatable bonds is 6. The van der Waals surface area contributed by atoms with Crippen LogP contribution in [0, 0.1) is 5.92 Å². The minimum absolute atomic E-state index is 0.0545. The average molecular weight is 272 g/mol. The topological polar surface area (TPSA) is 54.4 Å². The largest absolute Gasteiger partial charge is 0.433 e. The Morgan fingerprint density at radius 3 is 2.89 bits per heavy atom. The average Bonchev–Trinajstić information content (AvgIpc) is 2.79. The molecule has 2 atom stereocenters. The van der Waals surface area contributed by atoms with E-state index in [0.717, 1.165) is 25.7 Å². The van der Waals surface area contributed by atoms with Gasteiger partial charge < -0.3 is 15.2 Å². The van der Waals surface area contributed by atoms with Crippen LogP contribution in [-0.2, 0) is 0 Å². The molecule has 0 amide bonds. The molecule has 1 saturated carbocycles. The summed E-state index contributed by atoms with van der Waals surface area (Å²) in [6.45, 7) is -2.64. The number of nitrogens with one attached hydrogen (secondary N) is 1. The normalized spacial score (nSPS) is 22.7. The van der Waals surface area contributed by atoms with Crippen molar-refractivity contribution >= 4 is 5.82 Å². The van der Waals surface area contributed by atoms with E-state index < -0.39 is 6.61 Å². The summed E-state index contributed by atoms with van der Waals surface area (Å²) in [7, 11) is 0. The van der Waals surface area contributed by atoms with Crippen LogP contribution >= 0.6 is 0 Å². The summed E-state index contributed by atoms with van der Waals surface area (Å²) >= 11 is 0. The van der Waals surface area contributed by atoms with Crippen molar-refractivity contribution in [3.63, 3.8) is 0 Å². The summed E-state index contributed by atoms with van der Waals surface area (Å²) in [5.74, 6) is 1.15. The molecule has 2 N–H and O–H groups in total. The molecule has 1 aliphatic carbocycles. The molecular formula is C13H18F2N2O2. The number of nitrogens with zero attached hydrogens (tertiary/aromatic N) is 1. The van der Waals surface area contributed by atoms with E-state index in [0.29, 0.717) is 17.8 Å². The summed E-state index contributed by atoms with van der Waals surface area (Å²) in [5.41, 5.74) is 0. The Labute approximate surface area is 110 Å². The van der Waals surface area contributed by atoms with Gasteiger partial charge in [-0.1, -0.05) is 6.42 Å². The Morgan fingerprint density at radius 1 is 1.42 bits per heavy atom. The minimum Gasteiger partial charge on any atom is -0.433 e. The molecule has 0 saturated heterocycles. The molecule has 0 bridgehead atoms. The van der Waals surface area contributed by atoms with Crippen LogP contribution in [0.1, 0.15) is 25.7 Å². The van der Waals surface area contributed by atoms with Gasteiger partial charge in [0.05, 0.1) is 6.20 Å². The molecule has 0 aliphatic heterocycles. The van der Waals surface area contributed by atoms with E-state index in [4.69, 9.17) is 5.11 Å². The van der Waals surface area contributed by atoms with Crippen LogP contribution in [0.3, 0.4) is 0 Å². The lowest BCUT2D eigenvalue weighted by Gasteiger charge is -2.20. The van der Waals surface area contributed by atoms with E-state index in [-0.39, 0.29) is 12.4 Å². The van der Waals surface area contributed by atoms with Gasteiger partial charge in [0.25, 0.3) is 0 Å². The summed E-state index contributed by atoms with van der Waals surface area (Å²) < 4.78 is 28.2. The number of ether oxygens (including phenoxy) is 1. The fraction of sp³-hybridized carbons (Fsp3) is 0.615. The van der Waals surface area contributed by atoms with Crippen LogP contribution in [0.25, 0.3) is 0 Å². The van der Waals surface area contributed by atoms with Crippen molar-refractivity contribution in [3.8, 4) is 5.75 Å². The monoisotopic (exact) mass is 272 g/mol. The predicted octanol–water partition coefficient (Wildman–Crippen LogP) is 2.65. The number of anilines is 1. The number of aromatic nitrogens is 1. The highest BCUT2D eigenvalue weighted by Crippen LogP contribution is 2.30. The van der Waals surface area contributed by atoms with Crippen molar-refractivity contribution in [2.75, 3.05) is 11.9 Å². The molecule has 2 rings (SSSR count). The second kappa shape index (κ2) is 6.65. The third kappa shape index (κ3) is 4.02. The van der Waals surface area contributed by atoms with Crippen LogP contribution in [0.5, 0.6) is 5.75 Å². The van der Waals surface area contributed by atoms with Crippen molar-refractivity contribution in [2.45, 2.75) is 38.3 Å². The van der Waals surface area contributed by atoms with Gasteiger partial charge in [0.15, 0.2) is 0 Å². The van der Waals surface area contributed by atoms with Gasteiger partial charge in [0.2, 0.25) is 0 Å². The smallest absolute Gasteiger partial charge is 0.387 e. The summed E-state index contributed by atoms with van der Waals surface area (Å²) in [5, 5.41) is 12.3. The zero-order valence-electron chi connectivity index (χ0n) is 10.6. The lowest BCUT2D eigenvalue weighted by atomic mass is 10.00. The Bertz CT molecular complexity index is 387. The SMILES string of the molecule is OCCC1CCCC1Nc1ccc(OC(F)F)cn1. The van der Waals surface area contributed by atoms with E-state index in [1.165, 1.54) is 12.3 Å². The van der Waals surface area contributed by atoms with Gasteiger partial charge in [-0.15, -0.1) is 0 Å². The first-order valence-corrected chi connectivity index (χ1v) is 6.47. The zero-order valence-corrected chi connectivity index (χ0v) is 10.6. The maximum atomic E-state index is 12.0. The Morgan fingerprint density at radius 2 is 2.26 bits per heavy atom. The van der Waals surface area contributed by atoms with Crippen LogP contribution in [0.2, 0.25) is 0 Å². The summed E-state index contributed by atoms with van der Waals surface area (Å²) in [4.78, 5) is 4.06. The maximum absolute atomic E-state index is 12.0. The molecule has 106 valence electrons. The summed E-state index contributed by atoms with van der Waals surface area (Å²) in [6, 6.07) is 3.39. The quantitative estimate of drug-likeness (QED) is 0.836. The number of halogens is 2. The van der Waals surface area contributed by atoms with Crippen molar-refractivity contribution in [1.29, 1.82) is 0 Å². The Balaban J connectivity index is 1.91. The molecule has 1 fully saturated rings. The molecule has 1 aromatic heterocycles. The predicted molar refractivity (Wildman–Crippen MR) is 67.3 cm³/mol. The first-order valence-electron chi connectivity index (χ1n) is 6.47. The lowest BCUT2D eigenvalue weighted by molar-refractivity contribution is -0.0500. The molecule has 1 heterocycles. The number of hydrogen-bond donors (Lipinski definition) is 2.